The van der Waals surface area contributed by atoms with Gasteiger partial charge in [-0.3, -0.25) is 0 Å². The molecule has 0 saturated carbocycles. The maximum atomic E-state index is 5.88. The highest BCUT2D eigenvalue weighted by molar-refractivity contribution is 7.98. The summed E-state index contributed by atoms with van der Waals surface area (Å²) >= 11 is 1.47. The van der Waals surface area contributed by atoms with Crippen LogP contribution in [0.5, 0.6) is 0 Å². The number of aromatic nitrogens is 4. The van der Waals surface area contributed by atoms with Crippen molar-refractivity contribution in [3.63, 3.8) is 0 Å². The molecule has 3 aromatic rings. The Bertz CT molecular complexity index is 857. The van der Waals surface area contributed by atoms with Gasteiger partial charge in [0, 0.05) is 6.07 Å². The Hall–Kier alpha value is -2.28. The third-order valence-electron chi connectivity index (χ3n) is 3.83. The van der Waals surface area contributed by atoms with Gasteiger partial charge in [-0.05, 0) is 36.8 Å². The van der Waals surface area contributed by atoms with Gasteiger partial charge in [0.25, 0.3) is 0 Å². The summed E-state index contributed by atoms with van der Waals surface area (Å²) in [6.45, 7) is 6.37. The molecule has 0 saturated heterocycles. The maximum Gasteiger partial charge on any atom is 0.191 e. The zero-order chi connectivity index (χ0) is 17.3. The lowest BCUT2D eigenvalue weighted by molar-refractivity contribution is 0.524. The van der Waals surface area contributed by atoms with Crippen molar-refractivity contribution in [2.24, 2.45) is 5.92 Å². The molecule has 4 N–H and O–H groups in total. The molecule has 0 fully saturated rings. The van der Waals surface area contributed by atoms with Crippen LogP contribution in [0.4, 0.5) is 11.6 Å². The minimum Gasteiger partial charge on any atom is -0.383 e. The Labute approximate surface area is 145 Å². The van der Waals surface area contributed by atoms with E-state index in [-0.39, 0.29) is 6.04 Å². The molecule has 0 radical (unpaired) electrons. The topological polar surface area (TPSA) is 92.5 Å². The molecule has 0 aliphatic rings. The van der Waals surface area contributed by atoms with Crippen molar-refractivity contribution < 1.29 is 0 Å². The molecule has 0 spiro atoms. The molecule has 1 aromatic carbocycles. The van der Waals surface area contributed by atoms with E-state index in [9.17, 15) is 0 Å². The number of hydrogen-bond acceptors (Lipinski definition) is 6. The summed E-state index contributed by atoms with van der Waals surface area (Å²) in [5.41, 5.74) is 9.10. The number of aromatic amines is 1. The molecule has 0 bridgehead atoms. The first-order valence-electron chi connectivity index (χ1n) is 7.87. The van der Waals surface area contributed by atoms with Crippen LogP contribution < -0.4 is 11.1 Å². The Morgan fingerprint density at radius 3 is 2.67 bits per heavy atom. The number of H-pyrrole nitrogens is 1. The van der Waals surface area contributed by atoms with Gasteiger partial charge < -0.3 is 16.0 Å². The first-order chi connectivity index (χ1) is 11.5. The Morgan fingerprint density at radius 2 is 1.96 bits per heavy atom. The van der Waals surface area contributed by atoms with Gasteiger partial charge in [0.1, 0.15) is 17.5 Å². The number of imidazole rings is 1. The lowest BCUT2D eigenvalue weighted by Gasteiger charge is -2.21. The van der Waals surface area contributed by atoms with Crippen molar-refractivity contribution in [1.82, 2.24) is 19.9 Å². The summed E-state index contributed by atoms with van der Waals surface area (Å²) in [4.78, 5) is 16.8. The fourth-order valence-electron chi connectivity index (χ4n) is 2.61. The zero-order valence-corrected chi connectivity index (χ0v) is 15.1. The zero-order valence-electron chi connectivity index (χ0n) is 14.3. The van der Waals surface area contributed by atoms with Gasteiger partial charge in [-0.1, -0.05) is 31.7 Å². The maximum absolute atomic E-state index is 5.88. The minimum absolute atomic E-state index is 0.00159. The Morgan fingerprint density at radius 1 is 1.17 bits per heavy atom. The molecule has 6 nitrogen and oxygen atoms in total. The predicted octanol–water partition coefficient (Wildman–Crippen LogP) is 3.77. The molecular formula is C17H22N6S. The van der Waals surface area contributed by atoms with E-state index < -0.39 is 0 Å². The summed E-state index contributed by atoms with van der Waals surface area (Å²) in [6.07, 6.45) is 1.93. The third kappa shape index (κ3) is 3.46. The van der Waals surface area contributed by atoms with Crippen LogP contribution >= 0.6 is 11.8 Å². The Balaban J connectivity index is 1.95. The van der Waals surface area contributed by atoms with Gasteiger partial charge in [-0.15, -0.1) is 0 Å². The molecular weight excluding hydrogens is 320 g/mol. The SMILES string of the molecule is CSc1nc(N)cc(NC(c2nc3ccc(C)cc3[nH]2)C(C)C)n1. The number of nitrogens with one attached hydrogen (secondary N) is 2. The van der Waals surface area contributed by atoms with Crippen LogP contribution in [0.2, 0.25) is 0 Å². The van der Waals surface area contributed by atoms with Crippen LogP contribution in [0.1, 0.15) is 31.3 Å². The van der Waals surface area contributed by atoms with E-state index >= 15 is 0 Å². The number of nitrogens with zero attached hydrogens (tertiary/aromatic N) is 3. The Kier molecular flexibility index (Phi) is 4.62. The summed E-state index contributed by atoms with van der Waals surface area (Å²) in [7, 11) is 0. The first-order valence-corrected chi connectivity index (χ1v) is 9.10. The van der Waals surface area contributed by atoms with Crippen LogP contribution in [0.25, 0.3) is 11.0 Å². The minimum atomic E-state index is 0.00159. The lowest BCUT2D eigenvalue weighted by atomic mass is 10.0. The molecule has 0 amide bonds. The van der Waals surface area contributed by atoms with Crippen molar-refractivity contribution in [1.29, 1.82) is 0 Å². The number of nitrogen functional groups attached to an aromatic ring is 1. The fourth-order valence-corrected chi connectivity index (χ4v) is 3.00. The van der Waals surface area contributed by atoms with Crippen molar-refractivity contribution in [2.45, 2.75) is 32.0 Å². The third-order valence-corrected chi connectivity index (χ3v) is 4.38. The largest absolute Gasteiger partial charge is 0.383 e. The standard InChI is InChI=1S/C17H22N6S/c1-9(2)15(22-14-8-13(18)21-17(23-14)24-4)16-19-11-6-5-10(3)7-12(11)20-16/h5-9,15H,1-4H3,(H,19,20)(H3,18,21,22,23). The summed E-state index contributed by atoms with van der Waals surface area (Å²) < 4.78 is 0. The highest BCUT2D eigenvalue weighted by atomic mass is 32.2. The average Bonchev–Trinajstić information content (AvgIpc) is 2.94. The number of hydrogen-bond donors (Lipinski definition) is 3. The molecule has 24 heavy (non-hydrogen) atoms. The van der Waals surface area contributed by atoms with Crippen LogP contribution in [-0.4, -0.2) is 26.2 Å². The number of aryl methyl sites for hydroxylation is 1. The molecule has 1 atom stereocenters. The molecule has 1 unspecified atom stereocenters. The predicted molar refractivity (Wildman–Crippen MR) is 100 cm³/mol. The molecule has 3 rings (SSSR count). The second-order valence-electron chi connectivity index (χ2n) is 6.17. The molecule has 2 heterocycles. The van der Waals surface area contributed by atoms with Gasteiger partial charge in [0.15, 0.2) is 5.16 Å². The number of nitrogens with two attached hydrogens (primary N) is 1. The quantitative estimate of drug-likeness (QED) is 0.483. The molecule has 2 aromatic heterocycles. The number of thioether (sulfide) groups is 1. The van der Waals surface area contributed by atoms with E-state index in [0.717, 1.165) is 16.9 Å². The second-order valence-corrected chi connectivity index (χ2v) is 6.95. The molecule has 7 heteroatoms. The van der Waals surface area contributed by atoms with Crippen LogP contribution in [0.15, 0.2) is 29.4 Å². The van der Waals surface area contributed by atoms with Gasteiger partial charge in [0.05, 0.1) is 17.1 Å². The normalized spacial score (nSPS) is 12.7. The highest BCUT2D eigenvalue weighted by Crippen LogP contribution is 2.27. The summed E-state index contributed by atoms with van der Waals surface area (Å²) in [6, 6.07) is 7.97. The van der Waals surface area contributed by atoms with Gasteiger partial charge >= 0.3 is 0 Å². The van der Waals surface area contributed by atoms with Crippen LogP contribution in [-0.2, 0) is 0 Å². The number of rotatable bonds is 5. The van der Waals surface area contributed by atoms with E-state index in [1.54, 1.807) is 6.07 Å². The number of fused-ring (bicyclic) bond motifs is 1. The highest BCUT2D eigenvalue weighted by Gasteiger charge is 2.20. The van der Waals surface area contributed by atoms with Crippen molar-refractivity contribution in [3.8, 4) is 0 Å². The van der Waals surface area contributed by atoms with Crippen LogP contribution in [0, 0.1) is 12.8 Å². The summed E-state index contributed by atoms with van der Waals surface area (Å²) in [5, 5.41) is 4.10. The van der Waals surface area contributed by atoms with Crippen molar-refractivity contribution in [3.05, 3.63) is 35.7 Å². The van der Waals surface area contributed by atoms with Crippen LogP contribution in [0.3, 0.4) is 0 Å². The monoisotopic (exact) mass is 342 g/mol. The van der Waals surface area contributed by atoms with Crippen molar-refractivity contribution in [2.75, 3.05) is 17.3 Å². The molecule has 0 aliphatic carbocycles. The summed E-state index contributed by atoms with van der Waals surface area (Å²) in [5.74, 6) is 2.39. The van der Waals surface area contributed by atoms with E-state index in [4.69, 9.17) is 10.7 Å². The van der Waals surface area contributed by atoms with E-state index in [1.807, 2.05) is 12.3 Å². The lowest BCUT2D eigenvalue weighted by Crippen LogP contribution is -2.19. The number of anilines is 2. The fraction of sp³-hybridized carbons (Fsp3) is 0.353. The average molecular weight is 342 g/mol. The van der Waals surface area contributed by atoms with Gasteiger partial charge in [-0.2, -0.15) is 0 Å². The van der Waals surface area contributed by atoms with Gasteiger partial charge in [0.2, 0.25) is 0 Å². The van der Waals surface area contributed by atoms with Crippen molar-refractivity contribution >= 4 is 34.4 Å². The van der Waals surface area contributed by atoms with E-state index in [2.05, 4.69) is 53.2 Å². The second kappa shape index (κ2) is 6.68. The molecule has 0 aliphatic heterocycles. The van der Waals surface area contributed by atoms with E-state index in [0.29, 0.717) is 22.7 Å². The van der Waals surface area contributed by atoms with E-state index in [1.165, 1.54) is 17.3 Å². The number of benzene rings is 1. The first kappa shape index (κ1) is 16.6. The molecule has 126 valence electrons. The smallest absolute Gasteiger partial charge is 0.191 e. The van der Waals surface area contributed by atoms with Gasteiger partial charge in [-0.25, -0.2) is 15.0 Å².